The lowest BCUT2D eigenvalue weighted by atomic mass is 10.1. The van der Waals surface area contributed by atoms with Crippen LogP contribution in [0.15, 0.2) is 36.8 Å². The van der Waals surface area contributed by atoms with E-state index in [1.807, 2.05) is 18.3 Å². The van der Waals surface area contributed by atoms with Crippen molar-refractivity contribution in [3.63, 3.8) is 0 Å². The summed E-state index contributed by atoms with van der Waals surface area (Å²) in [5, 5.41) is 3.64. The van der Waals surface area contributed by atoms with Gasteiger partial charge in [0.2, 0.25) is 0 Å². The predicted molar refractivity (Wildman–Crippen MR) is 106 cm³/mol. The van der Waals surface area contributed by atoms with E-state index in [2.05, 4.69) is 42.2 Å². The molecule has 1 aliphatic carbocycles. The van der Waals surface area contributed by atoms with Gasteiger partial charge in [0, 0.05) is 44.5 Å². The summed E-state index contributed by atoms with van der Waals surface area (Å²) in [5.41, 5.74) is 0. The molecule has 0 radical (unpaired) electrons. The summed E-state index contributed by atoms with van der Waals surface area (Å²) >= 11 is 0. The smallest absolute Gasteiger partial charge is 0.134 e. The van der Waals surface area contributed by atoms with E-state index < -0.39 is 0 Å². The van der Waals surface area contributed by atoms with Crippen LogP contribution in [0.2, 0.25) is 0 Å². The van der Waals surface area contributed by atoms with Crippen molar-refractivity contribution in [1.82, 2.24) is 15.0 Å². The Labute approximate surface area is 155 Å². The summed E-state index contributed by atoms with van der Waals surface area (Å²) in [6.07, 6.45) is 11.4. The molecule has 6 nitrogen and oxygen atoms in total. The molecule has 138 valence electrons. The molecule has 6 heteroatoms. The van der Waals surface area contributed by atoms with Crippen molar-refractivity contribution in [1.29, 1.82) is 0 Å². The van der Waals surface area contributed by atoms with E-state index in [1.165, 1.54) is 38.5 Å². The molecule has 3 heterocycles. The Morgan fingerprint density at radius 1 is 0.808 bits per heavy atom. The molecule has 0 aromatic carbocycles. The maximum Gasteiger partial charge on any atom is 0.134 e. The molecular weight excluding hydrogens is 324 g/mol. The first-order valence-corrected chi connectivity index (χ1v) is 9.88. The van der Waals surface area contributed by atoms with Crippen molar-refractivity contribution in [2.45, 2.75) is 44.6 Å². The van der Waals surface area contributed by atoms with Gasteiger partial charge in [0.15, 0.2) is 0 Å². The van der Waals surface area contributed by atoms with Crippen molar-refractivity contribution >= 4 is 17.5 Å². The van der Waals surface area contributed by atoms with Gasteiger partial charge in [-0.25, -0.2) is 15.0 Å². The molecule has 1 aliphatic heterocycles. The molecule has 0 unspecified atom stereocenters. The fraction of sp³-hybridized carbons (Fsp3) is 0.550. The number of hydrogen-bond donors (Lipinski definition) is 1. The molecule has 2 aromatic rings. The van der Waals surface area contributed by atoms with E-state index in [4.69, 9.17) is 0 Å². The minimum Gasteiger partial charge on any atom is -0.367 e. The molecule has 0 amide bonds. The Hall–Kier alpha value is -2.37. The number of pyridine rings is 1. The molecule has 4 rings (SSSR count). The largest absolute Gasteiger partial charge is 0.367 e. The number of aromatic nitrogens is 3. The van der Waals surface area contributed by atoms with Gasteiger partial charge in [-0.3, -0.25) is 0 Å². The molecule has 2 fully saturated rings. The van der Waals surface area contributed by atoms with Crippen LogP contribution >= 0.6 is 0 Å². The maximum absolute atomic E-state index is 4.51. The van der Waals surface area contributed by atoms with Gasteiger partial charge in [0.1, 0.15) is 23.8 Å². The number of rotatable bonds is 4. The summed E-state index contributed by atoms with van der Waals surface area (Å²) < 4.78 is 0. The molecule has 0 atom stereocenters. The Morgan fingerprint density at radius 3 is 2.23 bits per heavy atom. The predicted octanol–water partition coefficient (Wildman–Crippen LogP) is 3.33. The van der Waals surface area contributed by atoms with Crippen LogP contribution in [0.5, 0.6) is 0 Å². The molecular formula is C20H28N6. The Morgan fingerprint density at radius 2 is 1.54 bits per heavy atom. The fourth-order valence-corrected chi connectivity index (χ4v) is 3.94. The van der Waals surface area contributed by atoms with E-state index in [0.717, 1.165) is 43.6 Å². The van der Waals surface area contributed by atoms with E-state index >= 15 is 0 Å². The summed E-state index contributed by atoms with van der Waals surface area (Å²) in [5.74, 6) is 3.05. The van der Waals surface area contributed by atoms with Crippen molar-refractivity contribution in [3.05, 3.63) is 36.8 Å². The average Bonchev–Trinajstić information content (AvgIpc) is 2.98. The zero-order valence-corrected chi connectivity index (χ0v) is 15.3. The summed E-state index contributed by atoms with van der Waals surface area (Å²) in [7, 11) is 0. The lowest BCUT2D eigenvalue weighted by molar-refractivity contribution is 0.616. The number of hydrogen-bond acceptors (Lipinski definition) is 6. The van der Waals surface area contributed by atoms with Crippen LogP contribution in [0.4, 0.5) is 17.5 Å². The first-order chi connectivity index (χ1) is 12.9. The summed E-state index contributed by atoms with van der Waals surface area (Å²) in [4.78, 5) is 18.1. The number of nitrogens with one attached hydrogen (secondary N) is 1. The lowest BCUT2D eigenvalue weighted by Gasteiger charge is -2.36. The van der Waals surface area contributed by atoms with Crippen molar-refractivity contribution in [3.8, 4) is 0 Å². The van der Waals surface area contributed by atoms with Crippen LogP contribution in [-0.4, -0.2) is 47.2 Å². The van der Waals surface area contributed by atoms with E-state index in [0.29, 0.717) is 6.04 Å². The van der Waals surface area contributed by atoms with Crippen molar-refractivity contribution in [2.75, 3.05) is 41.3 Å². The Bertz CT molecular complexity index is 676. The molecule has 2 aliphatic rings. The molecule has 2 aromatic heterocycles. The van der Waals surface area contributed by atoms with Gasteiger partial charge in [-0.2, -0.15) is 0 Å². The molecule has 0 spiro atoms. The van der Waals surface area contributed by atoms with E-state index in [-0.39, 0.29) is 0 Å². The Kier molecular flexibility index (Phi) is 5.47. The van der Waals surface area contributed by atoms with Crippen LogP contribution in [0.3, 0.4) is 0 Å². The average molecular weight is 352 g/mol. The van der Waals surface area contributed by atoms with Crippen LogP contribution in [0.1, 0.15) is 38.5 Å². The number of piperazine rings is 1. The molecule has 1 saturated carbocycles. The third-order valence-corrected chi connectivity index (χ3v) is 5.44. The minimum absolute atomic E-state index is 0.557. The SMILES string of the molecule is c1ccc(N2CCN(c3cc(NC4CCCCCC4)ncn3)CC2)nc1. The highest BCUT2D eigenvalue weighted by atomic mass is 15.3. The van der Waals surface area contributed by atoms with Gasteiger partial charge in [-0.15, -0.1) is 0 Å². The van der Waals surface area contributed by atoms with Gasteiger partial charge < -0.3 is 15.1 Å². The van der Waals surface area contributed by atoms with E-state index in [9.17, 15) is 0 Å². The van der Waals surface area contributed by atoms with Crippen molar-refractivity contribution in [2.24, 2.45) is 0 Å². The summed E-state index contributed by atoms with van der Waals surface area (Å²) in [6.45, 7) is 3.84. The number of anilines is 3. The quantitative estimate of drug-likeness (QED) is 0.852. The van der Waals surface area contributed by atoms with Gasteiger partial charge in [0.05, 0.1) is 0 Å². The Balaban J connectivity index is 1.36. The maximum atomic E-state index is 4.51. The first-order valence-electron chi connectivity index (χ1n) is 9.88. The van der Waals surface area contributed by atoms with Gasteiger partial charge in [-0.1, -0.05) is 31.7 Å². The van der Waals surface area contributed by atoms with Gasteiger partial charge in [0.25, 0.3) is 0 Å². The number of nitrogens with zero attached hydrogens (tertiary/aromatic N) is 5. The van der Waals surface area contributed by atoms with Crippen LogP contribution in [0, 0.1) is 0 Å². The van der Waals surface area contributed by atoms with Crippen LogP contribution in [0.25, 0.3) is 0 Å². The standard InChI is InChI=1S/C20H28N6/c1-2-4-8-17(7-3-1)24-18-15-20(23-16-22-18)26-13-11-25(12-14-26)19-9-5-6-10-21-19/h5-6,9-10,15-17H,1-4,7-8,11-14H2,(H,22,23,24). The second kappa shape index (κ2) is 8.34. The highest BCUT2D eigenvalue weighted by Crippen LogP contribution is 2.23. The summed E-state index contributed by atoms with van der Waals surface area (Å²) in [6, 6.07) is 8.76. The highest BCUT2D eigenvalue weighted by Gasteiger charge is 2.20. The normalized spacial score (nSPS) is 19.2. The van der Waals surface area contributed by atoms with Crippen LogP contribution < -0.4 is 15.1 Å². The fourth-order valence-electron chi connectivity index (χ4n) is 3.94. The van der Waals surface area contributed by atoms with Gasteiger partial charge in [-0.05, 0) is 25.0 Å². The highest BCUT2D eigenvalue weighted by molar-refractivity contribution is 5.50. The molecule has 26 heavy (non-hydrogen) atoms. The zero-order valence-electron chi connectivity index (χ0n) is 15.3. The van der Waals surface area contributed by atoms with Gasteiger partial charge >= 0.3 is 0 Å². The molecule has 0 bridgehead atoms. The third-order valence-electron chi connectivity index (χ3n) is 5.44. The monoisotopic (exact) mass is 352 g/mol. The topological polar surface area (TPSA) is 57.2 Å². The minimum atomic E-state index is 0.557. The second-order valence-corrected chi connectivity index (χ2v) is 7.26. The second-order valence-electron chi connectivity index (χ2n) is 7.26. The van der Waals surface area contributed by atoms with Crippen LogP contribution in [-0.2, 0) is 0 Å². The molecule has 1 saturated heterocycles. The van der Waals surface area contributed by atoms with Crippen molar-refractivity contribution < 1.29 is 0 Å². The lowest BCUT2D eigenvalue weighted by Crippen LogP contribution is -2.47. The van der Waals surface area contributed by atoms with E-state index in [1.54, 1.807) is 6.33 Å². The molecule has 1 N–H and O–H groups in total. The third kappa shape index (κ3) is 4.23. The first kappa shape index (κ1) is 17.1. The zero-order chi connectivity index (χ0) is 17.6.